The van der Waals surface area contributed by atoms with E-state index in [1.165, 1.54) is 12.8 Å². The fourth-order valence-corrected chi connectivity index (χ4v) is 3.17. The average molecular weight is 152 g/mol. The van der Waals surface area contributed by atoms with Crippen LogP contribution in [-0.2, 0) is 4.74 Å². The van der Waals surface area contributed by atoms with E-state index in [4.69, 9.17) is 4.74 Å². The van der Waals surface area contributed by atoms with Gasteiger partial charge in [0.25, 0.3) is 0 Å². The average Bonchev–Trinajstić information content (AvgIpc) is 2.68. The Balaban J connectivity index is 1.85. The molecule has 0 aromatic heterocycles. The molecule has 0 aromatic carbocycles. The van der Waals surface area contributed by atoms with Gasteiger partial charge in [0.1, 0.15) is 0 Å². The highest BCUT2D eigenvalue weighted by Crippen LogP contribution is 2.70. The first-order valence-electron chi connectivity index (χ1n) is 4.72. The Labute approximate surface area is 68.1 Å². The Morgan fingerprint density at radius 2 is 1.91 bits per heavy atom. The van der Waals surface area contributed by atoms with Gasteiger partial charge in [0.2, 0.25) is 0 Å². The number of hydrogen-bond acceptors (Lipinski definition) is 1. The summed E-state index contributed by atoms with van der Waals surface area (Å²) in [5, 5.41) is 0. The molecule has 0 spiro atoms. The van der Waals surface area contributed by atoms with Crippen LogP contribution in [0.3, 0.4) is 0 Å². The van der Waals surface area contributed by atoms with E-state index < -0.39 is 0 Å². The summed E-state index contributed by atoms with van der Waals surface area (Å²) < 4.78 is 5.66. The molecule has 3 fully saturated rings. The normalized spacial score (nSPS) is 63.0. The second kappa shape index (κ2) is 1.39. The molecule has 1 saturated heterocycles. The van der Waals surface area contributed by atoms with Crippen molar-refractivity contribution in [2.75, 3.05) is 0 Å². The second-order valence-corrected chi connectivity index (χ2v) is 5.39. The summed E-state index contributed by atoms with van der Waals surface area (Å²) in [4.78, 5) is 0. The molecule has 4 atom stereocenters. The summed E-state index contributed by atoms with van der Waals surface area (Å²) in [6.45, 7) is 7.11. The lowest BCUT2D eigenvalue weighted by Crippen LogP contribution is -2.16. The van der Waals surface area contributed by atoms with Gasteiger partial charge in [-0.05, 0) is 37.0 Å². The van der Waals surface area contributed by atoms with Crippen molar-refractivity contribution in [1.82, 2.24) is 0 Å². The molecular weight excluding hydrogens is 136 g/mol. The van der Waals surface area contributed by atoms with Crippen LogP contribution in [0, 0.1) is 17.3 Å². The monoisotopic (exact) mass is 152 g/mol. The summed E-state index contributed by atoms with van der Waals surface area (Å²) in [5.74, 6) is 1.97. The fourth-order valence-electron chi connectivity index (χ4n) is 3.17. The predicted molar refractivity (Wildman–Crippen MR) is 43.3 cm³/mol. The first-order chi connectivity index (χ1) is 5.04. The Hall–Kier alpha value is -0.0400. The Kier molecular flexibility index (Phi) is 0.820. The van der Waals surface area contributed by atoms with E-state index in [0.29, 0.717) is 17.1 Å². The molecule has 2 saturated carbocycles. The molecule has 1 heterocycles. The van der Waals surface area contributed by atoms with Crippen molar-refractivity contribution < 1.29 is 4.74 Å². The molecule has 0 amide bonds. The molecule has 0 aromatic rings. The van der Waals surface area contributed by atoms with E-state index in [0.717, 1.165) is 11.8 Å². The van der Waals surface area contributed by atoms with E-state index in [-0.39, 0.29) is 0 Å². The smallest absolute Gasteiger partial charge is 0.0923 e. The minimum Gasteiger partial charge on any atom is -0.366 e. The first-order valence-corrected chi connectivity index (χ1v) is 4.72. The quantitative estimate of drug-likeness (QED) is 0.485. The van der Waals surface area contributed by atoms with Crippen LogP contribution in [0.4, 0.5) is 0 Å². The van der Waals surface area contributed by atoms with Gasteiger partial charge in [-0.2, -0.15) is 0 Å². The zero-order chi connectivity index (χ0) is 7.85. The molecule has 2 unspecified atom stereocenters. The Morgan fingerprint density at radius 3 is 2.55 bits per heavy atom. The van der Waals surface area contributed by atoms with E-state index in [9.17, 15) is 0 Å². The van der Waals surface area contributed by atoms with E-state index in [2.05, 4.69) is 20.8 Å². The first kappa shape index (κ1) is 6.47. The molecule has 0 N–H and O–H groups in total. The van der Waals surface area contributed by atoms with Crippen LogP contribution in [0.2, 0.25) is 0 Å². The lowest BCUT2D eigenvalue weighted by molar-refractivity contribution is 0.282. The third-order valence-electron chi connectivity index (χ3n) is 4.42. The number of fused-ring (bicyclic) bond motifs is 2. The van der Waals surface area contributed by atoms with Crippen LogP contribution >= 0.6 is 0 Å². The molecule has 2 aliphatic carbocycles. The zero-order valence-corrected chi connectivity index (χ0v) is 7.55. The van der Waals surface area contributed by atoms with E-state index in [1.54, 1.807) is 0 Å². The summed E-state index contributed by atoms with van der Waals surface area (Å²) in [6, 6.07) is 0. The Morgan fingerprint density at radius 1 is 1.18 bits per heavy atom. The van der Waals surface area contributed by atoms with Gasteiger partial charge in [-0.15, -0.1) is 0 Å². The van der Waals surface area contributed by atoms with Crippen LogP contribution in [0.1, 0.15) is 33.6 Å². The molecular formula is C10H16O. The highest BCUT2D eigenvalue weighted by molar-refractivity contribution is 5.18. The molecule has 1 nitrogen and oxygen atoms in total. The van der Waals surface area contributed by atoms with Crippen molar-refractivity contribution in [2.24, 2.45) is 17.3 Å². The van der Waals surface area contributed by atoms with Gasteiger partial charge in [-0.1, -0.05) is 13.8 Å². The second-order valence-electron chi connectivity index (χ2n) is 5.39. The van der Waals surface area contributed by atoms with Gasteiger partial charge in [-0.3, -0.25) is 0 Å². The third-order valence-corrected chi connectivity index (χ3v) is 4.42. The molecule has 0 bridgehead atoms. The van der Waals surface area contributed by atoms with Gasteiger partial charge in [0, 0.05) is 0 Å². The van der Waals surface area contributed by atoms with Crippen molar-refractivity contribution in [3.63, 3.8) is 0 Å². The van der Waals surface area contributed by atoms with Gasteiger partial charge in [0.15, 0.2) is 0 Å². The fraction of sp³-hybridized carbons (Fsp3) is 1.00. The van der Waals surface area contributed by atoms with Crippen molar-refractivity contribution in [3.8, 4) is 0 Å². The van der Waals surface area contributed by atoms with Crippen molar-refractivity contribution in [1.29, 1.82) is 0 Å². The maximum atomic E-state index is 5.66. The highest BCUT2D eigenvalue weighted by Gasteiger charge is 2.70. The van der Waals surface area contributed by atoms with Crippen LogP contribution < -0.4 is 0 Å². The summed E-state index contributed by atoms with van der Waals surface area (Å²) in [7, 11) is 0. The number of ether oxygens (including phenoxy) is 1. The van der Waals surface area contributed by atoms with E-state index >= 15 is 0 Å². The molecule has 11 heavy (non-hydrogen) atoms. The minimum atomic E-state index is 0.314. The predicted octanol–water partition coefficient (Wildman–Crippen LogP) is 2.21. The van der Waals surface area contributed by atoms with Gasteiger partial charge >= 0.3 is 0 Å². The molecule has 1 heteroatoms. The molecule has 0 radical (unpaired) electrons. The maximum absolute atomic E-state index is 5.66. The standard InChI is InChI=1S/C10H16O/c1-9(2)6-4-8-10(3,11-8)5-7(6)9/h6-8H,4-5H2,1-3H3/t6?,7?,8-,10+/m1/s1. The maximum Gasteiger partial charge on any atom is 0.0923 e. The van der Waals surface area contributed by atoms with Crippen molar-refractivity contribution in [2.45, 2.75) is 45.3 Å². The third kappa shape index (κ3) is 0.618. The van der Waals surface area contributed by atoms with Crippen LogP contribution in [0.5, 0.6) is 0 Å². The molecule has 3 aliphatic rings. The highest BCUT2D eigenvalue weighted by atomic mass is 16.6. The van der Waals surface area contributed by atoms with Gasteiger partial charge in [-0.25, -0.2) is 0 Å². The van der Waals surface area contributed by atoms with Crippen molar-refractivity contribution in [3.05, 3.63) is 0 Å². The van der Waals surface area contributed by atoms with Gasteiger partial charge < -0.3 is 4.74 Å². The number of rotatable bonds is 0. The molecule has 1 aliphatic heterocycles. The van der Waals surface area contributed by atoms with E-state index in [1.807, 2.05) is 0 Å². The topological polar surface area (TPSA) is 12.5 Å². The van der Waals surface area contributed by atoms with Gasteiger partial charge in [0.05, 0.1) is 11.7 Å². The minimum absolute atomic E-state index is 0.314. The number of hydrogen-bond donors (Lipinski definition) is 0. The zero-order valence-electron chi connectivity index (χ0n) is 7.55. The summed E-state index contributed by atoms with van der Waals surface area (Å²) >= 11 is 0. The Bertz CT molecular complexity index is 221. The van der Waals surface area contributed by atoms with Crippen LogP contribution in [0.25, 0.3) is 0 Å². The largest absolute Gasteiger partial charge is 0.366 e. The number of epoxide rings is 1. The lowest BCUT2D eigenvalue weighted by atomic mass is 9.91. The van der Waals surface area contributed by atoms with Crippen LogP contribution in [0.15, 0.2) is 0 Å². The SMILES string of the molecule is CC1(C)C2C[C@H]3O[C@@]3(C)CC21. The van der Waals surface area contributed by atoms with Crippen molar-refractivity contribution >= 4 is 0 Å². The molecule has 62 valence electrons. The molecule has 3 rings (SSSR count). The van der Waals surface area contributed by atoms with Crippen LogP contribution in [-0.4, -0.2) is 11.7 Å². The summed E-state index contributed by atoms with van der Waals surface area (Å²) in [6.07, 6.45) is 3.30. The lowest BCUT2D eigenvalue weighted by Gasteiger charge is -2.09. The summed E-state index contributed by atoms with van der Waals surface area (Å²) in [5.41, 5.74) is 0.967.